The van der Waals surface area contributed by atoms with Crippen molar-refractivity contribution >= 4 is 12.1 Å². The summed E-state index contributed by atoms with van der Waals surface area (Å²) in [6, 6.07) is 4.69. The van der Waals surface area contributed by atoms with Gasteiger partial charge in [0.05, 0.1) is 32.3 Å². The summed E-state index contributed by atoms with van der Waals surface area (Å²) in [5.74, 6) is 0.539. The number of phenolic OH excluding ortho intramolecular Hbond substituents is 1. The first kappa shape index (κ1) is 15.4. The van der Waals surface area contributed by atoms with Crippen LogP contribution in [-0.2, 0) is 0 Å². The van der Waals surface area contributed by atoms with Crippen LogP contribution in [0.1, 0.15) is 21.7 Å². The standard InChI is InChI=1S/C15H16N2O5/c1-9-11(4-5-22-9)15(19)17-16-8-10-6-12(20-2)14(18)13(7-10)21-3/h4-8,18H,1-3H3,(H,17,19)/b16-8+. The first-order valence-electron chi connectivity index (χ1n) is 6.39. The number of nitrogens with zero attached hydrogens (tertiary/aromatic N) is 1. The molecule has 0 spiro atoms. The number of hydrogen-bond donors (Lipinski definition) is 2. The Labute approximate surface area is 127 Å². The number of carbonyl (C=O) groups excluding carboxylic acids is 1. The zero-order valence-corrected chi connectivity index (χ0v) is 12.4. The third-order valence-corrected chi connectivity index (χ3v) is 2.99. The number of rotatable bonds is 5. The first-order valence-corrected chi connectivity index (χ1v) is 6.39. The average molecular weight is 304 g/mol. The van der Waals surface area contributed by atoms with Crippen LogP contribution in [0.2, 0.25) is 0 Å². The molecule has 0 unspecified atom stereocenters. The van der Waals surface area contributed by atoms with Crippen LogP contribution < -0.4 is 14.9 Å². The molecule has 0 saturated carbocycles. The van der Waals surface area contributed by atoms with Crippen molar-refractivity contribution in [1.29, 1.82) is 0 Å². The Morgan fingerprint density at radius 3 is 2.45 bits per heavy atom. The molecule has 2 N–H and O–H groups in total. The van der Waals surface area contributed by atoms with E-state index in [4.69, 9.17) is 13.9 Å². The van der Waals surface area contributed by atoms with Crippen LogP contribution in [0.15, 0.2) is 34.0 Å². The van der Waals surface area contributed by atoms with Gasteiger partial charge in [0.1, 0.15) is 5.76 Å². The van der Waals surface area contributed by atoms with Crippen molar-refractivity contribution in [3.63, 3.8) is 0 Å². The van der Waals surface area contributed by atoms with Gasteiger partial charge in [-0.05, 0) is 25.1 Å². The van der Waals surface area contributed by atoms with E-state index in [2.05, 4.69) is 10.5 Å². The van der Waals surface area contributed by atoms with E-state index in [1.54, 1.807) is 25.1 Å². The molecule has 1 aromatic heterocycles. The number of methoxy groups -OCH3 is 2. The Hall–Kier alpha value is -2.96. The van der Waals surface area contributed by atoms with Gasteiger partial charge in [0, 0.05) is 5.56 Å². The second kappa shape index (κ2) is 6.66. The molecule has 116 valence electrons. The molecule has 0 aliphatic rings. The number of aryl methyl sites for hydroxylation is 1. The molecular formula is C15H16N2O5. The number of carbonyl (C=O) groups is 1. The van der Waals surface area contributed by atoms with Crippen molar-refractivity contribution < 1.29 is 23.8 Å². The van der Waals surface area contributed by atoms with Crippen LogP contribution in [0, 0.1) is 6.92 Å². The van der Waals surface area contributed by atoms with E-state index in [-0.39, 0.29) is 23.2 Å². The van der Waals surface area contributed by atoms with Crippen molar-refractivity contribution in [3.05, 3.63) is 41.3 Å². The Kier molecular flexibility index (Phi) is 4.67. The number of amides is 1. The average Bonchev–Trinajstić information content (AvgIpc) is 2.94. The lowest BCUT2D eigenvalue weighted by molar-refractivity contribution is 0.0953. The quantitative estimate of drug-likeness (QED) is 0.651. The third-order valence-electron chi connectivity index (χ3n) is 2.99. The molecule has 2 rings (SSSR count). The SMILES string of the molecule is COc1cc(/C=N/NC(=O)c2ccoc2C)cc(OC)c1O. The van der Waals surface area contributed by atoms with Crippen LogP contribution in [0.3, 0.4) is 0 Å². The first-order chi connectivity index (χ1) is 10.6. The van der Waals surface area contributed by atoms with Crippen molar-refractivity contribution in [2.75, 3.05) is 14.2 Å². The number of hydrazone groups is 1. The zero-order chi connectivity index (χ0) is 16.1. The fourth-order valence-corrected chi connectivity index (χ4v) is 1.83. The van der Waals surface area contributed by atoms with Gasteiger partial charge in [0.25, 0.3) is 5.91 Å². The summed E-state index contributed by atoms with van der Waals surface area (Å²) >= 11 is 0. The smallest absolute Gasteiger partial charge is 0.274 e. The Morgan fingerprint density at radius 1 is 1.32 bits per heavy atom. The number of nitrogens with one attached hydrogen (secondary N) is 1. The maximum absolute atomic E-state index is 11.8. The summed E-state index contributed by atoms with van der Waals surface area (Å²) in [7, 11) is 2.86. The van der Waals surface area contributed by atoms with Gasteiger partial charge >= 0.3 is 0 Å². The molecule has 7 heteroatoms. The summed E-state index contributed by atoms with van der Waals surface area (Å²) in [5, 5.41) is 13.7. The number of ether oxygens (including phenoxy) is 2. The highest BCUT2D eigenvalue weighted by molar-refractivity contribution is 5.95. The van der Waals surface area contributed by atoms with E-state index in [1.165, 1.54) is 26.7 Å². The fraction of sp³-hybridized carbons (Fsp3) is 0.200. The van der Waals surface area contributed by atoms with E-state index < -0.39 is 0 Å². The molecule has 1 heterocycles. The molecule has 2 aromatic rings. The number of aromatic hydroxyl groups is 1. The highest BCUT2D eigenvalue weighted by Gasteiger charge is 2.11. The van der Waals surface area contributed by atoms with Crippen molar-refractivity contribution in [2.45, 2.75) is 6.92 Å². The summed E-state index contributed by atoms with van der Waals surface area (Å²) in [4.78, 5) is 11.8. The van der Waals surface area contributed by atoms with Gasteiger partial charge < -0.3 is 19.0 Å². The van der Waals surface area contributed by atoms with Gasteiger partial charge in [-0.15, -0.1) is 0 Å². The molecule has 1 aromatic carbocycles. The Balaban J connectivity index is 2.13. The highest BCUT2D eigenvalue weighted by atomic mass is 16.5. The van der Waals surface area contributed by atoms with Gasteiger partial charge in [-0.25, -0.2) is 5.43 Å². The molecule has 22 heavy (non-hydrogen) atoms. The lowest BCUT2D eigenvalue weighted by atomic mass is 10.2. The van der Waals surface area contributed by atoms with Crippen LogP contribution in [0.4, 0.5) is 0 Å². The minimum Gasteiger partial charge on any atom is -0.502 e. The molecule has 0 aliphatic heterocycles. The van der Waals surface area contributed by atoms with E-state index in [1.807, 2.05) is 0 Å². The molecule has 0 bridgehead atoms. The van der Waals surface area contributed by atoms with Gasteiger partial charge in [-0.1, -0.05) is 0 Å². The normalized spacial score (nSPS) is 10.7. The minimum absolute atomic E-state index is 0.0970. The second-order valence-electron chi connectivity index (χ2n) is 4.36. The number of benzene rings is 1. The minimum atomic E-state index is -0.375. The monoisotopic (exact) mass is 304 g/mol. The molecule has 0 saturated heterocycles. The molecule has 0 aliphatic carbocycles. The summed E-state index contributed by atoms with van der Waals surface area (Å²) in [6.45, 7) is 1.69. The maximum atomic E-state index is 11.8. The highest BCUT2D eigenvalue weighted by Crippen LogP contribution is 2.36. The van der Waals surface area contributed by atoms with E-state index in [0.29, 0.717) is 16.9 Å². The van der Waals surface area contributed by atoms with E-state index in [0.717, 1.165) is 0 Å². The topological polar surface area (TPSA) is 93.3 Å². The third kappa shape index (κ3) is 3.20. The predicted octanol–water partition coefficient (Wildman–Crippen LogP) is 2.07. The van der Waals surface area contributed by atoms with Crippen LogP contribution in [0.5, 0.6) is 17.2 Å². The molecule has 0 atom stereocenters. The molecule has 0 radical (unpaired) electrons. The van der Waals surface area contributed by atoms with E-state index in [9.17, 15) is 9.90 Å². The summed E-state index contributed by atoms with van der Waals surface area (Å²) in [6.07, 6.45) is 2.85. The van der Waals surface area contributed by atoms with Gasteiger partial charge in [-0.2, -0.15) is 5.10 Å². The van der Waals surface area contributed by atoms with Crippen LogP contribution in [0.25, 0.3) is 0 Å². The lowest BCUT2D eigenvalue weighted by Gasteiger charge is -2.09. The van der Waals surface area contributed by atoms with Crippen LogP contribution >= 0.6 is 0 Å². The fourth-order valence-electron chi connectivity index (χ4n) is 1.83. The number of furan rings is 1. The lowest BCUT2D eigenvalue weighted by Crippen LogP contribution is -2.17. The van der Waals surface area contributed by atoms with Gasteiger partial charge in [0.2, 0.25) is 5.75 Å². The summed E-state index contributed by atoms with van der Waals surface area (Å²) < 4.78 is 15.1. The van der Waals surface area contributed by atoms with Crippen LogP contribution in [-0.4, -0.2) is 31.4 Å². The summed E-state index contributed by atoms with van der Waals surface area (Å²) in [5.41, 5.74) is 3.40. The van der Waals surface area contributed by atoms with Crippen molar-refractivity contribution in [2.24, 2.45) is 5.10 Å². The Morgan fingerprint density at radius 2 is 1.95 bits per heavy atom. The molecule has 7 nitrogen and oxygen atoms in total. The van der Waals surface area contributed by atoms with Gasteiger partial charge in [0.15, 0.2) is 11.5 Å². The van der Waals surface area contributed by atoms with Crippen molar-refractivity contribution in [3.8, 4) is 17.2 Å². The van der Waals surface area contributed by atoms with Crippen molar-refractivity contribution in [1.82, 2.24) is 5.43 Å². The van der Waals surface area contributed by atoms with E-state index >= 15 is 0 Å². The predicted molar refractivity (Wildman–Crippen MR) is 79.7 cm³/mol. The zero-order valence-electron chi connectivity index (χ0n) is 12.4. The Bertz CT molecular complexity index is 681. The molecular weight excluding hydrogens is 288 g/mol. The second-order valence-corrected chi connectivity index (χ2v) is 4.36. The maximum Gasteiger partial charge on any atom is 0.274 e. The number of hydrogen-bond acceptors (Lipinski definition) is 6. The molecule has 1 amide bonds. The largest absolute Gasteiger partial charge is 0.502 e. The molecule has 0 fully saturated rings. The number of phenols is 1. The van der Waals surface area contributed by atoms with Gasteiger partial charge in [-0.3, -0.25) is 4.79 Å².